The number of tetrazole rings is 1. The number of benzene rings is 1. The van der Waals surface area contributed by atoms with Crippen LogP contribution in [-0.2, 0) is 11.3 Å². The lowest BCUT2D eigenvalue weighted by Gasteiger charge is -2.01. The molecule has 3 rings (SSSR count). The second-order valence-corrected chi connectivity index (χ2v) is 3.71. The van der Waals surface area contributed by atoms with Crippen LogP contribution in [0.1, 0.15) is 0 Å². The molecule has 9 heteroatoms. The average molecular weight is 260 g/mol. The van der Waals surface area contributed by atoms with Gasteiger partial charge >= 0.3 is 5.76 Å². The van der Waals surface area contributed by atoms with Gasteiger partial charge in [0.1, 0.15) is 6.54 Å². The summed E-state index contributed by atoms with van der Waals surface area (Å²) in [5, 5.41) is 15.1. The van der Waals surface area contributed by atoms with Crippen LogP contribution in [0.2, 0.25) is 0 Å². The second kappa shape index (κ2) is 4.37. The number of fused-ring (bicyclic) bond motifs is 1. The molecule has 0 unspecified atom stereocenters. The Morgan fingerprint density at radius 1 is 1.42 bits per heavy atom. The molecule has 9 nitrogen and oxygen atoms in total. The maximum Gasteiger partial charge on any atom is 0.420 e. The summed E-state index contributed by atoms with van der Waals surface area (Å²) in [4.78, 5) is 23.4. The Hall–Kier alpha value is -2.97. The average Bonchev–Trinajstić information content (AvgIpc) is 2.99. The zero-order chi connectivity index (χ0) is 13.2. The van der Waals surface area contributed by atoms with Crippen LogP contribution >= 0.6 is 0 Å². The molecular weight excluding hydrogens is 252 g/mol. The van der Waals surface area contributed by atoms with Gasteiger partial charge in [-0.3, -0.25) is 14.7 Å². The van der Waals surface area contributed by atoms with Crippen LogP contribution in [0.3, 0.4) is 0 Å². The normalized spacial score (nSPS) is 10.7. The van der Waals surface area contributed by atoms with E-state index in [2.05, 4.69) is 25.9 Å². The zero-order valence-corrected chi connectivity index (χ0v) is 9.53. The lowest BCUT2D eigenvalue weighted by Crippen LogP contribution is -2.25. The fourth-order valence-electron chi connectivity index (χ4n) is 1.69. The highest BCUT2D eigenvalue weighted by molar-refractivity contribution is 5.89. The standard InChI is InChI=1S/C10H8N6O3/c17-8(11-9-12-14-15-13-9)5-16-6-3-1-2-4-7(6)19-10(16)18/h1-4H,5H2,(H2,11,12,13,14,15,17). The van der Waals surface area contributed by atoms with Gasteiger partial charge in [0.25, 0.3) is 5.95 Å². The molecule has 0 atom stereocenters. The Morgan fingerprint density at radius 2 is 2.26 bits per heavy atom. The van der Waals surface area contributed by atoms with Crippen molar-refractivity contribution >= 4 is 23.0 Å². The molecule has 0 aliphatic carbocycles. The number of anilines is 1. The Bertz CT molecular complexity index is 772. The van der Waals surface area contributed by atoms with Gasteiger partial charge in [0, 0.05) is 0 Å². The summed E-state index contributed by atoms with van der Waals surface area (Å²) in [6.07, 6.45) is 0. The Labute approximate surface area is 105 Å². The number of amides is 1. The van der Waals surface area contributed by atoms with Gasteiger partial charge in [-0.2, -0.15) is 5.21 Å². The number of para-hydroxylation sites is 2. The molecule has 0 saturated carbocycles. The minimum Gasteiger partial charge on any atom is -0.408 e. The van der Waals surface area contributed by atoms with Gasteiger partial charge in [-0.05, 0) is 17.3 Å². The molecule has 0 aliphatic rings. The molecule has 0 saturated heterocycles. The first kappa shape index (κ1) is 11.1. The van der Waals surface area contributed by atoms with E-state index in [-0.39, 0.29) is 12.5 Å². The summed E-state index contributed by atoms with van der Waals surface area (Å²) in [7, 11) is 0. The van der Waals surface area contributed by atoms with Crippen molar-refractivity contribution < 1.29 is 9.21 Å². The molecular formula is C10H8N6O3. The first-order valence-corrected chi connectivity index (χ1v) is 5.36. The fraction of sp³-hybridized carbons (Fsp3) is 0.100. The van der Waals surface area contributed by atoms with Crippen molar-refractivity contribution in [3.63, 3.8) is 0 Å². The molecule has 3 aromatic rings. The number of hydrogen-bond acceptors (Lipinski definition) is 6. The lowest BCUT2D eigenvalue weighted by atomic mass is 10.3. The van der Waals surface area contributed by atoms with Crippen LogP contribution in [0.15, 0.2) is 33.5 Å². The molecule has 2 aromatic heterocycles. The number of nitrogens with one attached hydrogen (secondary N) is 2. The van der Waals surface area contributed by atoms with Gasteiger partial charge in [0.05, 0.1) is 5.52 Å². The van der Waals surface area contributed by atoms with E-state index in [0.717, 1.165) is 0 Å². The largest absolute Gasteiger partial charge is 0.420 e. The van der Waals surface area contributed by atoms with Crippen molar-refractivity contribution in [2.45, 2.75) is 6.54 Å². The third kappa shape index (κ3) is 2.08. The van der Waals surface area contributed by atoms with E-state index in [1.807, 2.05) is 0 Å². The number of H-pyrrole nitrogens is 1. The number of aromatic nitrogens is 5. The van der Waals surface area contributed by atoms with Crippen LogP contribution in [0.25, 0.3) is 11.1 Å². The number of carbonyl (C=O) groups is 1. The first-order chi connectivity index (χ1) is 9.24. The third-order valence-electron chi connectivity index (χ3n) is 2.47. The van der Waals surface area contributed by atoms with Gasteiger partial charge in [0.2, 0.25) is 5.91 Å². The predicted octanol–water partition coefficient (Wildman–Crippen LogP) is -0.254. The summed E-state index contributed by atoms with van der Waals surface area (Å²) in [6.45, 7) is -0.190. The highest BCUT2D eigenvalue weighted by Crippen LogP contribution is 2.11. The van der Waals surface area contributed by atoms with Crippen molar-refractivity contribution in [2.75, 3.05) is 5.32 Å². The first-order valence-electron chi connectivity index (χ1n) is 5.36. The quantitative estimate of drug-likeness (QED) is 0.670. The molecule has 96 valence electrons. The summed E-state index contributed by atoms with van der Waals surface area (Å²) < 4.78 is 6.24. The SMILES string of the molecule is O=C(Cn1c(=O)oc2ccccc21)Nc1nn[nH]n1. The number of hydrogen-bond donors (Lipinski definition) is 2. The molecule has 2 heterocycles. The molecule has 1 amide bonds. The van der Waals surface area contributed by atoms with E-state index in [1.165, 1.54) is 4.57 Å². The topological polar surface area (TPSA) is 119 Å². The van der Waals surface area contributed by atoms with Gasteiger partial charge in [-0.25, -0.2) is 4.79 Å². The fourth-order valence-corrected chi connectivity index (χ4v) is 1.69. The van der Waals surface area contributed by atoms with Crippen LogP contribution in [0, 0.1) is 0 Å². The van der Waals surface area contributed by atoms with Gasteiger partial charge in [0.15, 0.2) is 5.58 Å². The highest BCUT2D eigenvalue weighted by atomic mass is 16.4. The van der Waals surface area contributed by atoms with Crippen molar-refractivity contribution in [3.8, 4) is 0 Å². The van der Waals surface area contributed by atoms with Crippen molar-refractivity contribution in [1.82, 2.24) is 25.2 Å². The molecule has 19 heavy (non-hydrogen) atoms. The lowest BCUT2D eigenvalue weighted by molar-refractivity contribution is -0.116. The predicted molar refractivity (Wildman–Crippen MR) is 63.3 cm³/mol. The minimum atomic E-state index is -0.593. The van der Waals surface area contributed by atoms with Crippen LogP contribution in [0.4, 0.5) is 5.95 Å². The minimum absolute atomic E-state index is 0.0471. The van der Waals surface area contributed by atoms with E-state index in [0.29, 0.717) is 11.1 Å². The highest BCUT2D eigenvalue weighted by Gasteiger charge is 2.13. The number of nitrogens with zero attached hydrogens (tertiary/aromatic N) is 4. The van der Waals surface area contributed by atoms with E-state index in [1.54, 1.807) is 24.3 Å². The molecule has 0 aliphatic heterocycles. The number of aromatic amines is 1. The number of oxazole rings is 1. The van der Waals surface area contributed by atoms with Gasteiger partial charge in [-0.15, -0.1) is 5.10 Å². The van der Waals surface area contributed by atoms with Gasteiger partial charge in [-0.1, -0.05) is 17.2 Å². The Kier molecular flexibility index (Phi) is 2.56. The van der Waals surface area contributed by atoms with E-state index < -0.39 is 11.7 Å². The summed E-state index contributed by atoms with van der Waals surface area (Å²) >= 11 is 0. The number of carbonyl (C=O) groups excluding carboxylic acids is 1. The zero-order valence-electron chi connectivity index (χ0n) is 9.53. The van der Waals surface area contributed by atoms with E-state index in [9.17, 15) is 9.59 Å². The van der Waals surface area contributed by atoms with E-state index in [4.69, 9.17) is 4.42 Å². The molecule has 1 aromatic carbocycles. The van der Waals surface area contributed by atoms with Crippen LogP contribution in [-0.4, -0.2) is 31.1 Å². The Balaban J connectivity index is 1.87. The summed E-state index contributed by atoms with van der Waals surface area (Å²) in [6, 6.07) is 6.85. The van der Waals surface area contributed by atoms with Crippen LogP contribution in [0.5, 0.6) is 0 Å². The molecule has 0 spiro atoms. The van der Waals surface area contributed by atoms with Crippen LogP contribution < -0.4 is 11.1 Å². The maximum atomic E-state index is 11.7. The second-order valence-electron chi connectivity index (χ2n) is 3.71. The molecule has 2 N–H and O–H groups in total. The van der Waals surface area contributed by atoms with E-state index >= 15 is 0 Å². The third-order valence-corrected chi connectivity index (χ3v) is 2.47. The van der Waals surface area contributed by atoms with Crippen molar-refractivity contribution in [3.05, 3.63) is 34.8 Å². The molecule has 0 radical (unpaired) electrons. The monoisotopic (exact) mass is 260 g/mol. The summed E-state index contributed by atoms with van der Waals surface area (Å²) in [5.41, 5.74) is 0.982. The molecule has 0 fully saturated rings. The molecule has 0 bridgehead atoms. The summed E-state index contributed by atoms with van der Waals surface area (Å²) in [5.74, 6) is -0.995. The number of rotatable bonds is 3. The van der Waals surface area contributed by atoms with Crippen molar-refractivity contribution in [1.29, 1.82) is 0 Å². The smallest absolute Gasteiger partial charge is 0.408 e. The Morgan fingerprint density at radius 3 is 3.05 bits per heavy atom. The van der Waals surface area contributed by atoms with Crippen molar-refractivity contribution in [2.24, 2.45) is 0 Å². The maximum absolute atomic E-state index is 11.7. The van der Waals surface area contributed by atoms with Gasteiger partial charge < -0.3 is 4.42 Å².